The van der Waals surface area contributed by atoms with E-state index in [4.69, 9.17) is 15.2 Å². The van der Waals surface area contributed by atoms with Crippen molar-refractivity contribution in [3.63, 3.8) is 0 Å². The lowest BCUT2D eigenvalue weighted by Crippen LogP contribution is -2.09. The average molecular weight is 373 g/mol. The number of anilines is 1. The maximum atomic E-state index is 14.4. The zero-order valence-electron chi connectivity index (χ0n) is 14.4. The molecule has 1 aliphatic heterocycles. The van der Waals surface area contributed by atoms with Gasteiger partial charge in [-0.1, -0.05) is 20.3 Å². The molecule has 0 amide bonds. The van der Waals surface area contributed by atoms with Crippen molar-refractivity contribution in [2.45, 2.75) is 33.1 Å². The first kappa shape index (κ1) is 19.9. The minimum Gasteiger partial charge on any atom is -0.490 e. The predicted molar refractivity (Wildman–Crippen MR) is 88.0 cm³/mol. The third kappa shape index (κ3) is 4.60. The van der Waals surface area contributed by atoms with E-state index >= 15 is 0 Å². The number of nitrogens with two attached hydrogens (primary N) is 1. The van der Waals surface area contributed by atoms with Gasteiger partial charge in [0.2, 0.25) is 0 Å². The quantitative estimate of drug-likeness (QED) is 0.701. The van der Waals surface area contributed by atoms with Crippen molar-refractivity contribution in [1.29, 1.82) is 0 Å². The third-order valence-corrected chi connectivity index (χ3v) is 3.25. The largest absolute Gasteiger partial charge is 0.490 e. The fraction of sp³-hybridized carbons (Fsp3) is 0.412. The van der Waals surface area contributed by atoms with Crippen LogP contribution < -0.4 is 10.5 Å². The average Bonchev–Trinajstić information content (AvgIpc) is 2.63. The molecule has 0 bridgehead atoms. The van der Waals surface area contributed by atoms with Gasteiger partial charge in [-0.3, -0.25) is 0 Å². The zero-order valence-corrected chi connectivity index (χ0v) is 14.4. The highest BCUT2D eigenvalue weighted by molar-refractivity contribution is 5.72. The molecule has 0 saturated heterocycles. The van der Waals surface area contributed by atoms with Gasteiger partial charge in [-0.25, -0.2) is 4.39 Å². The van der Waals surface area contributed by atoms with Gasteiger partial charge in [0, 0.05) is 5.56 Å². The number of benzene rings is 1. The maximum absolute atomic E-state index is 14.4. The number of aromatic nitrogens is 2. The Kier molecular flexibility index (Phi) is 6.36. The molecule has 9 heteroatoms. The van der Waals surface area contributed by atoms with Crippen LogP contribution in [0.5, 0.6) is 5.75 Å². The van der Waals surface area contributed by atoms with Crippen molar-refractivity contribution in [3.8, 4) is 17.0 Å². The van der Waals surface area contributed by atoms with Crippen molar-refractivity contribution in [3.05, 3.63) is 35.1 Å². The van der Waals surface area contributed by atoms with E-state index in [9.17, 15) is 17.6 Å². The molecule has 3 rings (SSSR count). The molecule has 2 heterocycles. The van der Waals surface area contributed by atoms with E-state index in [1.54, 1.807) is 0 Å². The van der Waals surface area contributed by atoms with Crippen LogP contribution in [0.3, 0.4) is 0 Å². The number of nitrogen functional groups attached to an aromatic ring is 1. The van der Waals surface area contributed by atoms with E-state index in [-0.39, 0.29) is 42.6 Å². The molecule has 5 nitrogen and oxygen atoms in total. The number of hydrogen-bond donors (Lipinski definition) is 1. The van der Waals surface area contributed by atoms with Gasteiger partial charge in [-0.2, -0.15) is 13.2 Å². The highest BCUT2D eigenvalue weighted by Crippen LogP contribution is 2.40. The molecular weight excluding hydrogens is 354 g/mol. The molecule has 26 heavy (non-hydrogen) atoms. The van der Waals surface area contributed by atoms with Crippen molar-refractivity contribution in [2.75, 3.05) is 18.9 Å². The number of fused-ring (bicyclic) bond motifs is 3. The van der Waals surface area contributed by atoms with Crippen LogP contribution in [-0.2, 0) is 17.5 Å². The van der Waals surface area contributed by atoms with Crippen LogP contribution in [0.2, 0.25) is 0 Å². The number of ether oxygens (including phenoxy) is 2. The van der Waals surface area contributed by atoms with Gasteiger partial charge < -0.3 is 15.2 Å². The Morgan fingerprint density at radius 2 is 1.81 bits per heavy atom. The van der Waals surface area contributed by atoms with E-state index < -0.39 is 17.6 Å². The Morgan fingerprint density at radius 3 is 2.46 bits per heavy atom. The summed E-state index contributed by atoms with van der Waals surface area (Å²) in [6.45, 7) is 4.42. The topological polar surface area (TPSA) is 70.3 Å². The van der Waals surface area contributed by atoms with Crippen LogP contribution in [-0.4, -0.2) is 23.4 Å². The first-order valence-electron chi connectivity index (χ1n) is 8.01. The summed E-state index contributed by atoms with van der Waals surface area (Å²) in [6.07, 6.45) is -3.44. The maximum Gasteiger partial charge on any atom is 0.416 e. The summed E-state index contributed by atoms with van der Waals surface area (Å²) in [4.78, 5) is 0. The molecule has 0 fully saturated rings. The Labute approximate surface area is 148 Å². The first-order valence-corrected chi connectivity index (χ1v) is 8.01. The van der Waals surface area contributed by atoms with Crippen molar-refractivity contribution in [1.82, 2.24) is 10.2 Å². The standard InChI is InChI=1S/C14H11F4N3O2.C3H8/c15-9-4-8(14(16,17)18)5-10-12(9)13-7(3-11(19)20-21-13)6-22-1-2-23-10;1-3-2/h3-5H,1-2,6H2,(H2,19,20);3H2,1-2H3. The highest BCUT2D eigenvalue weighted by atomic mass is 19.4. The Bertz CT molecular complexity index is 766. The summed E-state index contributed by atoms with van der Waals surface area (Å²) < 4.78 is 63.5. The zero-order chi connectivity index (χ0) is 19.3. The molecule has 1 aromatic carbocycles. The van der Waals surface area contributed by atoms with Gasteiger partial charge in [0.25, 0.3) is 0 Å². The first-order chi connectivity index (χ1) is 12.3. The monoisotopic (exact) mass is 373 g/mol. The molecular formula is C17H19F4N3O2. The van der Waals surface area contributed by atoms with Crippen LogP contribution in [0, 0.1) is 5.82 Å². The third-order valence-electron chi connectivity index (χ3n) is 3.25. The smallest absolute Gasteiger partial charge is 0.416 e. The van der Waals surface area contributed by atoms with E-state index in [1.165, 1.54) is 12.5 Å². The predicted octanol–water partition coefficient (Wildman–Crippen LogP) is 4.21. The summed E-state index contributed by atoms with van der Waals surface area (Å²) in [5.74, 6) is -1.26. The molecule has 1 aromatic heterocycles. The van der Waals surface area contributed by atoms with Gasteiger partial charge in [-0.15, -0.1) is 10.2 Å². The molecule has 0 radical (unpaired) electrons. The van der Waals surface area contributed by atoms with Crippen molar-refractivity contribution in [2.24, 2.45) is 0 Å². The van der Waals surface area contributed by atoms with Crippen molar-refractivity contribution < 1.29 is 27.0 Å². The number of alkyl halides is 3. The van der Waals surface area contributed by atoms with Crippen LogP contribution in [0.4, 0.5) is 23.4 Å². The van der Waals surface area contributed by atoms with Crippen LogP contribution in [0.1, 0.15) is 31.4 Å². The van der Waals surface area contributed by atoms with E-state index in [2.05, 4.69) is 24.0 Å². The minimum atomic E-state index is -4.69. The van der Waals surface area contributed by atoms with E-state index in [0.717, 1.165) is 6.07 Å². The molecule has 2 aromatic rings. The molecule has 1 aliphatic rings. The Hall–Kier alpha value is -2.42. The summed E-state index contributed by atoms with van der Waals surface area (Å²) in [7, 11) is 0. The second kappa shape index (κ2) is 8.31. The van der Waals surface area contributed by atoms with Crippen LogP contribution in [0.15, 0.2) is 18.2 Å². The van der Waals surface area contributed by atoms with Crippen molar-refractivity contribution >= 4 is 5.82 Å². The lowest BCUT2D eigenvalue weighted by molar-refractivity contribution is -0.137. The lowest BCUT2D eigenvalue weighted by atomic mass is 10.0. The molecule has 2 N–H and O–H groups in total. The summed E-state index contributed by atoms with van der Waals surface area (Å²) in [6, 6.07) is 2.59. The molecule has 142 valence electrons. The van der Waals surface area contributed by atoms with Gasteiger partial charge in [0.15, 0.2) is 0 Å². The normalized spacial score (nSPS) is 13.8. The SMILES string of the molecule is CCC.Nc1cc2c(nn1)-c1c(F)cc(C(F)(F)F)cc1OCCOC2. The summed E-state index contributed by atoms with van der Waals surface area (Å²) >= 11 is 0. The van der Waals surface area contributed by atoms with Crippen LogP contribution >= 0.6 is 0 Å². The highest BCUT2D eigenvalue weighted by Gasteiger charge is 2.34. The number of halogens is 4. The second-order valence-corrected chi connectivity index (χ2v) is 5.58. The molecule has 0 saturated carbocycles. The van der Waals surface area contributed by atoms with E-state index in [1.807, 2.05) is 0 Å². The van der Waals surface area contributed by atoms with Gasteiger partial charge >= 0.3 is 6.18 Å². The summed E-state index contributed by atoms with van der Waals surface area (Å²) in [5, 5.41) is 7.43. The van der Waals surface area contributed by atoms with Gasteiger partial charge in [0.05, 0.1) is 24.3 Å². The van der Waals surface area contributed by atoms with Crippen LogP contribution in [0.25, 0.3) is 11.3 Å². The molecule has 0 unspecified atom stereocenters. The number of rotatable bonds is 0. The molecule has 0 atom stereocenters. The van der Waals surface area contributed by atoms with Gasteiger partial charge in [0.1, 0.15) is 29.7 Å². The molecule has 0 aliphatic carbocycles. The van der Waals surface area contributed by atoms with E-state index in [0.29, 0.717) is 11.6 Å². The fourth-order valence-electron chi connectivity index (χ4n) is 2.25. The lowest BCUT2D eigenvalue weighted by Gasteiger charge is -2.15. The van der Waals surface area contributed by atoms with Gasteiger partial charge in [-0.05, 0) is 18.2 Å². The number of nitrogens with zero attached hydrogens (tertiary/aromatic N) is 2. The fourth-order valence-corrected chi connectivity index (χ4v) is 2.25. The Morgan fingerprint density at radius 1 is 1.12 bits per heavy atom. The minimum absolute atomic E-state index is 0.0232. The summed E-state index contributed by atoms with van der Waals surface area (Å²) in [5.41, 5.74) is 4.68. The Balaban J connectivity index is 0.000000758. The molecule has 0 spiro atoms. The second-order valence-electron chi connectivity index (χ2n) is 5.58. The number of hydrogen-bond acceptors (Lipinski definition) is 5.